The van der Waals surface area contributed by atoms with Crippen molar-refractivity contribution in [3.8, 4) is 0 Å². The van der Waals surface area contributed by atoms with E-state index in [2.05, 4.69) is 20.6 Å². The van der Waals surface area contributed by atoms with Gasteiger partial charge in [0, 0.05) is 30.4 Å². The van der Waals surface area contributed by atoms with Crippen LogP contribution in [-0.2, 0) is 0 Å². The minimum Gasteiger partial charge on any atom is -0.354 e. The van der Waals surface area contributed by atoms with Crippen LogP contribution >= 0.6 is 0 Å². The standard InChI is InChI=1S/C13H13F3N4/c1-3-17-13-18-7(2)4-12(20-13)19-11-6-9(15)8(14)5-10(11)16/h4-6H,3H2,1-2H3,(H2,17,18,19,20). The number of aromatic nitrogens is 2. The second-order valence-electron chi connectivity index (χ2n) is 4.12. The molecular weight excluding hydrogens is 269 g/mol. The smallest absolute Gasteiger partial charge is 0.224 e. The van der Waals surface area contributed by atoms with Gasteiger partial charge in [0.2, 0.25) is 5.95 Å². The molecule has 2 N–H and O–H groups in total. The summed E-state index contributed by atoms with van der Waals surface area (Å²) in [4.78, 5) is 8.22. The highest BCUT2D eigenvalue weighted by atomic mass is 19.2. The van der Waals surface area contributed by atoms with E-state index in [1.165, 1.54) is 0 Å². The number of nitrogens with one attached hydrogen (secondary N) is 2. The van der Waals surface area contributed by atoms with E-state index in [0.717, 1.165) is 6.07 Å². The lowest BCUT2D eigenvalue weighted by atomic mass is 10.2. The topological polar surface area (TPSA) is 49.8 Å². The zero-order chi connectivity index (χ0) is 14.7. The molecule has 0 spiro atoms. The molecule has 1 heterocycles. The lowest BCUT2D eigenvalue weighted by Crippen LogP contribution is -2.06. The number of anilines is 3. The quantitative estimate of drug-likeness (QED) is 0.844. The van der Waals surface area contributed by atoms with Gasteiger partial charge in [-0.15, -0.1) is 0 Å². The highest BCUT2D eigenvalue weighted by Gasteiger charge is 2.11. The Hall–Kier alpha value is -2.31. The molecule has 7 heteroatoms. The fourth-order valence-corrected chi connectivity index (χ4v) is 1.63. The van der Waals surface area contributed by atoms with Crippen LogP contribution in [0.1, 0.15) is 12.6 Å². The number of benzene rings is 1. The average molecular weight is 282 g/mol. The predicted octanol–water partition coefficient (Wildman–Crippen LogP) is 3.38. The van der Waals surface area contributed by atoms with Gasteiger partial charge in [-0.05, 0) is 13.8 Å². The van der Waals surface area contributed by atoms with E-state index in [1.54, 1.807) is 13.0 Å². The van der Waals surface area contributed by atoms with Gasteiger partial charge < -0.3 is 10.6 Å². The van der Waals surface area contributed by atoms with E-state index >= 15 is 0 Å². The van der Waals surface area contributed by atoms with Crippen molar-refractivity contribution in [1.29, 1.82) is 0 Å². The molecule has 20 heavy (non-hydrogen) atoms. The van der Waals surface area contributed by atoms with E-state index in [0.29, 0.717) is 30.1 Å². The van der Waals surface area contributed by atoms with Gasteiger partial charge in [-0.2, -0.15) is 4.98 Å². The second-order valence-corrected chi connectivity index (χ2v) is 4.12. The Bertz CT molecular complexity index is 631. The summed E-state index contributed by atoms with van der Waals surface area (Å²) in [5, 5.41) is 5.53. The van der Waals surface area contributed by atoms with Crippen LogP contribution in [0.4, 0.5) is 30.6 Å². The molecule has 1 aromatic heterocycles. The Balaban J connectivity index is 2.32. The molecule has 0 atom stereocenters. The third-order valence-corrected chi connectivity index (χ3v) is 2.46. The van der Waals surface area contributed by atoms with Crippen molar-refractivity contribution in [2.75, 3.05) is 17.2 Å². The Morgan fingerprint density at radius 3 is 2.40 bits per heavy atom. The van der Waals surface area contributed by atoms with E-state index in [1.807, 2.05) is 6.92 Å². The lowest BCUT2D eigenvalue weighted by molar-refractivity contribution is 0.496. The third kappa shape index (κ3) is 3.17. The molecule has 0 unspecified atom stereocenters. The van der Waals surface area contributed by atoms with Gasteiger partial charge in [0.25, 0.3) is 0 Å². The Kier molecular flexibility index (Phi) is 4.07. The Labute approximate surface area is 114 Å². The first kappa shape index (κ1) is 14.1. The number of rotatable bonds is 4. The molecule has 1 aromatic carbocycles. The summed E-state index contributed by atoms with van der Waals surface area (Å²) < 4.78 is 39.5. The third-order valence-electron chi connectivity index (χ3n) is 2.46. The number of nitrogens with zero attached hydrogens (tertiary/aromatic N) is 2. The summed E-state index contributed by atoms with van der Waals surface area (Å²) >= 11 is 0. The number of hydrogen-bond donors (Lipinski definition) is 2. The molecule has 0 fully saturated rings. The first-order valence-corrected chi connectivity index (χ1v) is 6.00. The van der Waals surface area contributed by atoms with Gasteiger partial charge in [0.15, 0.2) is 11.6 Å². The van der Waals surface area contributed by atoms with Gasteiger partial charge in [-0.25, -0.2) is 18.2 Å². The highest BCUT2D eigenvalue weighted by molar-refractivity contribution is 5.58. The maximum Gasteiger partial charge on any atom is 0.224 e. The lowest BCUT2D eigenvalue weighted by Gasteiger charge is -2.10. The number of halogens is 3. The highest BCUT2D eigenvalue weighted by Crippen LogP contribution is 2.22. The Morgan fingerprint density at radius 1 is 1.00 bits per heavy atom. The first-order valence-electron chi connectivity index (χ1n) is 6.00. The summed E-state index contributed by atoms with van der Waals surface area (Å²) in [6, 6.07) is 2.80. The molecular formula is C13H13F3N4. The monoisotopic (exact) mass is 282 g/mol. The molecule has 0 aliphatic heterocycles. The molecule has 106 valence electrons. The molecule has 0 bridgehead atoms. The fraction of sp³-hybridized carbons (Fsp3) is 0.231. The molecule has 0 amide bonds. The summed E-state index contributed by atoms with van der Waals surface area (Å²) in [6.45, 7) is 4.26. The zero-order valence-electron chi connectivity index (χ0n) is 11.0. The summed E-state index contributed by atoms with van der Waals surface area (Å²) in [7, 11) is 0. The molecule has 0 aliphatic carbocycles. The van der Waals surface area contributed by atoms with Crippen molar-refractivity contribution in [3.63, 3.8) is 0 Å². The van der Waals surface area contributed by atoms with Gasteiger partial charge in [-0.1, -0.05) is 0 Å². The van der Waals surface area contributed by atoms with Crippen LogP contribution in [-0.4, -0.2) is 16.5 Å². The van der Waals surface area contributed by atoms with Gasteiger partial charge in [0.05, 0.1) is 5.69 Å². The first-order chi connectivity index (χ1) is 9.49. The average Bonchev–Trinajstić information content (AvgIpc) is 2.35. The molecule has 2 aromatic rings. The van der Waals surface area contributed by atoms with Crippen LogP contribution in [0, 0.1) is 24.4 Å². The number of aryl methyl sites for hydroxylation is 1. The van der Waals surface area contributed by atoms with Gasteiger partial charge in [0.1, 0.15) is 11.6 Å². The largest absolute Gasteiger partial charge is 0.354 e. The molecule has 0 saturated carbocycles. The van der Waals surface area contributed by atoms with E-state index < -0.39 is 17.5 Å². The minimum atomic E-state index is -1.24. The van der Waals surface area contributed by atoms with Crippen molar-refractivity contribution >= 4 is 17.5 Å². The van der Waals surface area contributed by atoms with Crippen LogP contribution in [0.15, 0.2) is 18.2 Å². The van der Waals surface area contributed by atoms with E-state index in [9.17, 15) is 13.2 Å². The summed E-state index contributed by atoms with van der Waals surface area (Å²) in [6.07, 6.45) is 0. The Morgan fingerprint density at radius 2 is 1.70 bits per heavy atom. The van der Waals surface area contributed by atoms with Crippen LogP contribution in [0.3, 0.4) is 0 Å². The normalized spacial score (nSPS) is 10.4. The minimum absolute atomic E-state index is 0.190. The molecule has 0 saturated heterocycles. The molecule has 4 nitrogen and oxygen atoms in total. The van der Waals surface area contributed by atoms with E-state index in [-0.39, 0.29) is 5.69 Å². The maximum absolute atomic E-state index is 13.5. The fourth-order valence-electron chi connectivity index (χ4n) is 1.63. The van der Waals surface area contributed by atoms with Crippen LogP contribution in [0.5, 0.6) is 0 Å². The maximum atomic E-state index is 13.5. The van der Waals surface area contributed by atoms with Crippen LogP contribution in [0.2, 0.25) is 0 Å². The molecule has 0 aliphatic rings. The van der Waals surface area contributed by atoms with Crippen molar-refractivity contribution in [2.24, 2.45) is 0 Å². The van der Waals surface area contributed by atoms with Crippen molar-refractivity contribution in [2.45, 2.75) is 13.8 Å². The van der Waals surface area contributed by atoms with Crippen molar-refractivity contribution < 1.29 is 13.2 Å². The van der Waals surface area contributed by atoms with Crippen molar-refractivity contribution in [3.05, 3.63) is 41.3 Å². The zero-order valence-corrected chi connectivity index (χ0v) is 11.0. The van der Waals surface area contributed by atoms with E-state index in [4.69, 9.17) is 0 Å². The second kappa shape index (κ2) is 5.77. The SMILES string of the molecule is CCNc1nc(C)cc(Nc2cc(F)c(F)cc2F)n1. The molecule has 0 radical (unpaired) electrons. The summed E-state index contributed by atoms with van der Waals surface area (Å²) in [5.41, 5.74) is 0.464. The summed E-state index contributed by atoms with van der Waals surface area (Å²) in [5.74, 6) is -2.60. The number of hydrogen-bond acceptors (Lipinski definition) is 4. The predicted molar refractivity (Wildman–Crippen MR) is 70.5 cm³/mol. The van der Waals surface area contributed by atoms with Gasteiger partial charge >= 0.3 is 0 Å². The molecule has 2 rings (SSSR count). The van der Waals surface area contributed by atoms with Crippen LogP contribution < -0.4 is 10.6 Å². The van der Waals surface area contributed by atoms with Gasteiger partial charge in [-0.3, -0.25) is 0 Å². The van der Waals surface area contributed by atoms with Crippen LogP contribution in [0.25, 0.3) is 0 Å². The van der Waals surface area contributed by atoms with Crippen molar-refractivity contribution in [1.82, 2.24) is 9.97 Å².